The van der Waals surface area contributed by atoms with Crippen LogP contribution < -0.4 is 5.73 Å². The van der Waals surface area contributed by atoms with Crippen molar-refractivity contribution in [2.45, 2.75) is 19.4 Å². The number of benzene rings is 1. The molecular weight excluding hydrogens is 216 g/mol. The van der Waals surface area contributed by atoms with Gasteiger partial charge in [0.15, 0.2) is 0 Å². The van der Waals surface area contributed by atoms with E-state index in [1.807, 2.05) is 26.1 Å². The Hall–Kier alpha value is -1.55. The third kappa shape index (κ3) is 2.42. The van der Waals surface area contributed by atoms with Crippen LogP contribution in [0.4, 0.5) is 5.69 Å². The van der Waals surface area contributed by atoms with Crippen molar-refractivity contribution in [1.29, 1.82) is 0 Å². The number of aryl methyl sites for hydroxylation is 1. The maximum absolute atomic E-state index is 12.3. The number of rotatable bonds is 2. The molecule has 0 bridgehead atoms. The number of amides is 1. The Morgan fingerprint density at radius 3 is 2.94 bits per heavy atom. The van der Waals surface area contributed by atoms with Crippen LogP contribution in [0.15, 0.2) is 18.2 Å². The number of hydrogen-bond acceptors (Lipinski definition) is 3. The minimum Gasteiger partial charge on any atom is -0.399 e. The quantitative estimate of drug-likeness (QED) is 0.788. The molecule has 1 unspecified atom stereocenters. The van der Waals surface area contributed by atoms with Crippen molar-refractivity contribution in [3.05, 3.63) is 29.3 Å². The molecule has 0 aromatic heterocycles. The molecule has 2 N–H and O–H groups in total. The highest BCUT2D eigenvalue weighted by atomic mass is 16.5. The standard InChI is InChI=1S/C13H18N2O2/c1-9-3-4-10(14)7-12(9)13(16)15(2)11-5-6-17-8-11/h3-4,7,11H,5-6,8,14H2,1-2H3. The van der Waals surface area contributed by atoms with Gasteiger partial charge in [-0.1, -0.05) is 6.07 Å². The molecule has 2 rings (SSSR count). The fourth-order valence-electron chi connectivity index (χ4n) is 2.05. The van der Waals surface area contributed by atoms with Gasteiger partial charge in [0.2, 0.25) is 0 Å². The van der Waals surface area contributed by atoms with Gasteiger partial charge in [-0.3, -0.25) is 4.79 Å². The highest BCUT2D eigenvalue weighted by molar-refractivity contribution is 5.96. The summed E-state index contributed by atoms with van der Waals surface area (Å²) in [5, 5.41) is 0. The minimum atomic E-state index is 0.0188. The van der Waals surface area contributed by atoms with Crippen LogP contribution in [-0.4, -0.2) is 37.1 Å². The third-order valence-electron chi connectivity index (χ3n) is 3.27. The number of carbonyl (C=O) groups excluding carboxylic acids is 1. The van der Waals surface area contributed by atoms with E-state index in [1.54, 1.807) is 11.0 Å². The molecule has 0 saturated carbocycles. The van der Waals surface area contributed by atoms with E-state index in [1.165, 1.54) is 0 Å². The summed E-state index contributed by atoms with van der Waals surface area (Å²) in [5.74, 6) is 0.0188. The fraction of sp³-hybridized carbons (Fsp3) is 0.462. The molecule has 1 aromatic carbocycles. The molecule has 0 radical (unpaired) electrons. The first-order valence-electron chi connectivity index (χ1n) is 5.80. The number of carbonyl (C=O) groups is 1. The lowest BCUT2D eigenvalue weighted by Crippen LogP contribution is -2.37. The van der Waals surface area contributed by atoms with E-state index < -0.39 is 0 Å². The van der Waals surface area contributed by atoms with Crippen molar-refractivity contribution >= 4 is 11.6 Å². The normalized spacial score (nSPS) is 19.3. The lowest BCUT2D eigenvalue weighted by atomic mass is 10.1. The van der Waals surface area contributed by atoms with E-state index in [9.17, 15) is 4.79 Å². The van der Waals surface area contributed by atoms with Crippen molar-refractivity contribution in [3.63, 3.8) is 0 Å². The summed E-state index contributed by atoms with van der Waals surface area (Å²) in [7, 11) is 1.82. The lowest BCUT2D eigenvalue weighted by Gasteiger charge is -2.24. The minimum absolute atomic E-state index is 0.0188. The Kier molecular flexibility index (Phi) is 3.33. The van der Waals surface area contributed by atoms with Crippen molar-refractivity contribution in [2.24, 2.45) is 0 Å². The summed E-state index contributed by atoms with van der Waals surface area (Å²) in [6, 6.07) is 5.61. The monoisotopic (exact) mass is 234 g/mol. The molecule has 1 aromatic rings. The van der Waals surface area contributed by atoms with E-state index >= 15 is 0 Å². The van der Waals surface area contributed by atoms with Crippen LogP contribution in [0.2, 0.25) is 0 Å². The molecular formula is C13H18N2O2. The van der Waals surface area contributed by atoms with Crippen molar-refractivity contribution in [1.82, 2.24) is 4.90 Å². The molecule has 17 heavy (non-hydrogen) atoms. The number of nitrogens with zero attached hydrogens (tertiary/aromatic N) is 1. The second-order valence-electron chi connectivity index (χ2n) is 4.51. The predicted molar refractivity (Wildman–Crippen MR) is 66.9 cm³/mol. The van der Waals surface area contributed by atoms with E-state index in [-0.39, 0.29) is 11.9 Å². The fourth-order valence-corrected chi connectivity index (χ4v) is 2.05. The largest absolute Gasteiger partial charge is 0.399 e. The van der Waals surface area contributed by atoms with E-state index in [0.717, 1.165) is 18.6 Å². The number of likely N-dealkylation sites (N-methyl/N-ethyl adjacent to an activating group) is 1. The van der Waals surface area contributed by atoms with E-state index in [2.05, 4.69) is 0 Å². The Labute approximate surface area is 101 Å². The van der Waals surface area contributed by atoms with Crippen molar-refractivity contribution < 1.29 is 9.53 Å². The second kappa shape index (κ2) is 4.75. The average molecular weight is 234 g/mol. The Balaban J connectivity index is 2.20. The summed E-state index contributed by atoms with van der Waals surface area (Å²) in [4.78, 5) is 14.1. The molecule has 1 aliphatic rings. The van der Waals surface area contributed by atoms with Gasteiger partial charge in [-0.2, -0.15) is 0 Å². The van der Waals surface area contributed by atoms with Crippen molar-refractivity contribution in [3.8, 4) is 0 Å². The van der Waals surface area contributed by atoms with E-state index in [0.29, 0.717) is 17.9 Å². The molecule has 1 fully saturated rings. The first-order valence-corrected chi connectivity index (χ1v) is 5.80. The van der Waals surface area contributed by atoms with Gasteiger partial charge in [0.1, 0.15) is 0 Å². The molecule has 1 saturated heterocycles. The molecule has 1 aliphatic heterocycles. The van der Waals surface area contributed by atoms with Crippen LogP contribution in [0, 0.1) is 6.92 Å². The van der Waals surface area contributed by atoms with Gasteiger partial charge < -0.3 is 15.4 Å². The van der Waals surface area contributed by atoms with Crippen LogP contribution in [0.5, 0.6) is 0 Å². The summed E-state index contributed by atoms with van der Waals surface area (Å²) >= 11 is 0. The van der Waals surface area contributed by atoms with Gasteiger partial charge in [0, 0.05) is 24.9 Å². The summed E-state index contributed by atoms with van der Waals surface area (Å²) in [5.41, 5.74) is 7.98. The van der Waals surface area contributed by atoms with Gasteiger partial charge >= 0.3 is 0 Å². The van der Waals surface area contributed by atoms with Crippen LogP contribution in [0.25, 0.3) is 0 Å². The highest BCUT2D eigenvalue weighted by Crippen LogP contribution is 2.18. The van der Waals surface area contributed by atoms with Gasteiger partial charge in [-0.25, -0.2) is 0 Å². The molecule has 1 heterocycles. The maximum atomic E-state index is 12.3. The van der Waals surface area contributed by atoms with Gasteiger partial charge in [-0.15, -0.1) is 0 Å². The van der Waals surface area contributed by atoms with Crippen molar-refractivity contribution in [2.75, 3.05) is 26.0 Å². The first kappa shape index (κ1) is 11.9. The topological polar surface area (TPSA) is 55.6 Å². The van der Waals surface area contributed by atoms with Crippen LogP contribution >= 0.6 is 0 Å². The second-order valence-corrected chi connectivity index (χ2v) is 4.51. The molecule has 4 nitrogen and oxygen atoms in total. The molecule has 0 aliphatic carbocycles. The Morgan fingerprint density at radius 2 is 2.29 bits per heavy atom. The van der Waals surface area contributed by atoms with Crippen LogP contribution in [0.1, 0.15) is 22.3 Å². The number of nitrogens with two attached hydrogens (primary N) is 1. The Bertz CT molecular complexity index is 425. The molecule has 1 amide bonds. The smallest absolute Gasteiger partial charge is 0.254 e. The SMILES string of the molecule is Cc1ccc(N)cc1C(=O)N(C)C1CCOC1. The molecule has 4 heteroatoms. The molecule has 92 valence electrons. The van der Waals surface area contributed by atoms with Crippen LogP contribution in [-0.2, 0) is 4.74 Å². The van der Waals surface area contributed by atoms with E-state index in [4.69, 9.17) is 10.5 Å². The first-order chi connectivity index (χ1) is 8.09. The number of hydrogen-bond donors (Lipinski definition) is 1. The molecule has 1 atom stereocenters. The third-order valence-corrected chi connectivity index (χ3v) is 3.27. The zero-order chi connectivity index (χ0) is 12.4. The predicted octanol–water partition coefficient (Wildman–Crippen LogP) is 1.44. The van der Waals surface area contributed by atoms with Gasteiger partial charge in [0.25, 0.3) is 5.91 Å². The summed E-state index contributed by atoms with van der Waals surface area (Å²) in [6.07, 6.45) is 0.906. The maximum Gasteiger partial charge on any atom is 0.254 e. The number of nitrogen functional groups attached to an aromatic ring is 1. The number of anilines is 1. The van der Waals surface area contributed by atoms with Crippen LogP contribution in [0.3, 0.4) is 0 Å². The lowest BCUT2D eigenvalue weighted by molar-refractivity contribution is 0.0710. The summed E-state index contributed by atoms with van der Waals surface area (Å²) in [6.45, 7) is 3.29. The highest BCUT2D eigenvalue weighted by Gasteiger charge is 2.25. The zero-order valence-corrected chi connectivity index (χ0v) is 10.3. The summed E-state index contributed by atoms with van der Waals surface area (Å²) < 4.78 is 5.30. The average Bonchev–Trinajstić information content (AvgIpc) is 2.84. The van der Waals surface area contributed by atoms with Gasteiger partial charge in [-0.05, 0) is 31.0 Å². The number of ether oxygens (including phenoxy) is 1. The molecule has 0 spiro atoms. The zero-order valence-electron chi connectivity index (χ0n) is 10.3. The van der Waals surface area contributed by atoms with Gasteiger partial charge in [0.05, 0.1) is 12.6 Å². The Morgan fingerprint density at radius 1 is 1.53 bits per heavy atom.